The Balaban J connectivity index is 2.10. The number of carboxylic acid groups (broad SMARTS) is 1. The van der Waals surface area contributed by atoms with E-state index >= 15 is 0 Å². The van der Waals surface area contributed by atoms with Crippen molar-refractivity contribution < 1.29 is 9.90 Å². The van der Waals surface area contributed by atoms with Crippen LogP contribution >= 0.6 is 0 Å². The first-order valence-electron chi connectivity index (χ1n) is 7.25. The lowest BCUT2D eigenvalue weighted by atomic mass is 9.95. The quantitative estimate of drug-likeness (QED) is 0.849. The summed E-state index contributed by atoms with van der Waals surface area (Å²) in [7, 11) is 0. The maximum absolute atomic E-state index is 11.5. The highest BCUT2D eigenvalue weighted by molar-refractivity contribution is 5.70. The van der Waals surface area contributed by atoms with E-state index in [4.69, 9.17) is 0 Å². The molecule has 5 heteroatoms. The number of nitrogens with zero attached hydrogens (tertiary/aromatic N) is 3. The fourth-order valence-corrected chi connectivity index (χ4v) is 2.32. The second-order valence-electron chi connectivity index (χ2n) is 5.33. The zero-order valence-electron chi connectivity index (χ0n) is 12.5. The molecule has 1 aromatic heterocycles. The predicted octanol–water partition coefficient (Wildman–Crippen LogP) is 2.48. The minimum Gasteiger partial charge on any atom is -0.481 e. The third kappa shape index (κ3) is 4.15. The molecule has 0 aliphatic heterocycles. The number of aryl methyl sites for hydroxylation is 2. The van der Waals surface area contributed by atoms with Crippen molar-refractivity contribution >= 4 is 5.97 Å². The molecule has 0 saturated heterocycles. The Hall–Kier alpha value is -2.17. The van der Waals surface area contributed by atoms with Gasteiger partial charge in [-0.05, 0) is 25.3 Å². The number of benzene rings is 1. The second-order valence-corrected chi connectivity index (χ2v) is 5.33. The van der Waals surface area contributed by atoms with Gasteiger partial charge in [-0.2, -0.15) is 5.10 Å². The highest BCUT2D eigenvalue weighted by Crippen LogP contribution is 2.15. The number of hydrogen-bond acceptors (Lipinski definition) is 3. The summed E-state index contributed by atoms with van der Waals surface area (Å²) in [6, 6.07) is 7.99. The van der Waals surface area contributed by atoms with Crippen molar-refractivity contribution in [2.45, 2.75) is 39.7 Å². The predicted molar refractivity (Wildman–Crippen MR) is 80.0 cm³/mol. The van der Waals surface area contributed by atoms with Crippen LogP contribution in [0, 0.1) is 12.8 Å². The van der Waals surface area contributed by atoms with Crippen LogP contribution in [-0.2, 0) is 24.2 Å². The van der Waals surface area contributed by atoms with Gasteiger partial charge in [0.2, 0.25) is 0 Å². The molecule has 0 bridgehead atoms. The summed E-state index contributed by atoms with van der Waals surface area (Å²) in [6.45, 7) is 4.85. The molecule has 0 amide bonds. The number of rotatable bonds is 7. The van der Waals surface area contributed by atoms with Crippen molar-refractivity contribution in [3.63, 3.8) is 0 Å². The van der Waals surface area contributed by atoms with E-state index in [1.54, 1.807) is 4.68 Å². The van der Waals surface area contributed by atoms with Gasteiger partial charge in [-0.15, -0.1) is 0 Å². The highest BCUT2D eigenvalue weighted by atomic mass is 16.4. The average Bonchev–Trinajstić information content (AvgIpc) is 2.88. The number of aromatic nitrogens is 3. The lowest BCUT2D eigenvalue weighted by molar-refractivity contribution is -0.141. The average molecular weight is 287 g/mol. The lowest BCUT2D eigenvalue weighted by Crippen LogP contribution is -2.21. The van der Waals surface area contributed by atoms with Gasteiger partial charge in [-0.3, -0.25) is 9.48 Å². The normalized spacial score (nSPS) is 12.3. The van der Waals surface area contributed by atoms with Crippen LogP contribution in [0.25, 0.3) is 0 Å². The molecule has 21 heavy (non-hydrogen) atoms. The van der Waals surface area contributed by atoms with Crippen molar-refractivity contribution in [2.75, 3.05) is 0 Å². The fourth-order valence-electron chi connectivity index (χ4n) is 2.32. The molecule has 5 nitrogen and oxygen atoms in total. The Morgan fingerprint density at radius 1 is 1.29 bits per heavy atom. The minimum atomic E-state index is -0.790. The Morgan fingerprint density at radius 3 is 2.62 bits per heavy atom. The highest BCUT2D eigenvalue weighted by Gasteiger charge is 2.21. The van der Waals surface area contributed by atoms with E-state index in [1.165, 1.54) is 11.9 Å². The molecule has 1 unspecified atom stereocenters. The first-order chi connectivity index (χ1) is 10.1. The van der Waals surface area contributed by atoms with E-state index in [0.29, 0.717) is 12.8 Å². The zero-order chi connectivity index (χ0) is 15.2. The summed E-state index contributed by atoms with van der Waals surface area (Å²) >= 11 is 0. The summed E-state index contributed by atoms with van der Waals surface area (Å²) in [5, 5.41) is 13.6. The van der Waals surface area contributed by atoms with E-state index in [0.717, 1.165) is 24.4 Å². The van der Waals surface area contributed by atoms with Crippen molar-refractivity contribution in [3.8, 4) is 0 Å². The SMILES string of the molecule is CCCn1ncnc1CC(Cc1ccc(C)cc1)C(=O)O. The summed E-state index contributed by atoms with van der Waals surface area (Å²) < 4.78 is 1.80. The van der Waals surface area contributed by atoms with Gasteiger partial charge in [0.05, 0.1) is 5.92 Å². The molecule has 2 rings (SSSR count). The largest absolute Gasteiger partial charge is 0.481 e. The molecule has 1 heterocycles. The Labute approximate surface area is 124 Å². The lowest BCUT2D eigenvalue weighted by Gasteiger charge is -2.13. The number of aliphatic carboxylic acids is 1. The molecule has 0 aliphatic carbocycles. The van der Waals surface area contributed by atoms with Crippen LogP contribution in [0.3, 0.4) is 0 Å². The third-order valence-electron chi connectivity index (χ3n) is 3.51. The molecule has 0 fully saturated rings. The van der Waals surface area contributed by atoms with Crippen LogP contribution in [0.2, 0.25) is 0 Å². The molecule has 0 saturated carbocycles. The summed E-state index contributed by atoms with van der Waals surface area (Å²) in [5.41, 5.74) is 2.21. The molecule has 1 N–H and O–H groups in total. The molecule has 1 atom stereocenters. The maximum atomic E-state index is 11.5. The molecule has 112 valence electrons. The molecule has 0 spiro atoms. The molecule has 1 aromatic carbocycles. The van der Waals surface area contributed by atoms with E-state index in [1.807, 2.05) is 31.2 Å². The Bertz CT molecular complexity index is 590. The molecular formula is C16H21N3O2. The Morgan fingerprint density at radius 2 is 2.00 bits per heavy atom. The van der Waals surface area contributed by atoms with Gasteiger partial charge in [0.15, 0.2) is 0 Å². The van der Waals surface area contributed by atoms with Crippen LogP contribution in [-0.4, -0.2) is 25.8 Å². The van der Waals surface area contributed by atoms with E-state index in [9.17, 15) is 9.90 Å². The van der Waals surface area contributed by atoms with E-state index in [2.05, 4.69) is 17.0 Å². The van der Waals surface area contributed by atoms with Gasteiger partial charge < -0.3 is 5.11 Å². The zero-order valence-corrected chi connectivity index (χ0v) is 12.5. The molecule has 0 radical (unpaired) electrons. The van der Waals surface area contributed by atoms with Crippen LogP contribution in [0.5, 0.6) is 0 Å². The third-order valence-corrected chi connectivity index (χ3v) is 3.51. The van der Waals surface area contributed by atoms with Crippen molar-refractivity contribution in [3.05, 3.63) is 47.5 Å². The summed E-state index contributed by atoms with van der Waals surface area (Å²) in [5.74, 6) is -0.523. The van der Waals surface area contributed by atoms with Crippen molar-refractivity contribution in [1.29, 1.82) is 0 Å². The van der Waals surface area contributed by atoms with Gasteiger partial charge in [-0.1, -0.05) is 36.8 Å². The summed E-state index contributed by atoms with van der Waals surface area (Å²) in [6.07, 6.45) is 3.36. The number of carbonyl (C=O) groups is 1. The second kappa shape index (κ2) is 7.02. The smallest absolute Gasteiger partial charge is 0.307 e. The van der Waals surface area contributed by atoms with Gasteiger partial charge >= 0.3 is 5.97 Å². The standard InChI is InChI=1S/C16H21N3O2/c1-3-8-19-15(17-11-18-19)10-14(16(20)21)9-13-6-4-12(2)5-7-13/h4-7,11,14H,3,8-10H2,1-2H3,(H,20,21). The molecule has 0 aliphatic rings. The van der Waals surface area contributed by atoms with E-state index in [-0.39, 0.29) is 0 Å². The first-order valence-corrected chi connectivity index (χ1v) is 7.25. The van der Waals surface area contributed by atoms with Gasteiger partial charge in [0, 0.05) is 13.0 Å². The van der Waals surface area contributed by atoms with Gasteiger partial charge in [0.25, 0.3) is 0 Å². The minimum absolute atomic E-state index is 0.406. The number of hydrogen-bond donors (Lipinski definition) is 1. The first kappa shape index (κ1) is 15.2. The van der Waals surface area contributed by atoms with Crippen molar-refractivity contribution in [1.82, 2.24) is 14.8 Å². The maximum Gasteiger partial charge on any atom is 0.307 e. The number of carboxylic acids is 1. The van der Waals surface area contributed by atoms with Crippen LogP contribution in [0.15, 0.2) is 30.6 Å². The summed E-state index contributed by atoms with van der Waals surface area (Å²) in [4.78, 5) is 15.7. The van der Waals surface area contributed by atoms with Gasteiger partial charge in [-0.25, -0.2) is 4.98 Å². The molecular weight excluding hydrogens is 266 g/mol. The van der Waals surface area contributed by atoms with Crippen molar-refractivity contribution in [2.24, 2.45) is 5.92 Å². The van der Waals surface area contributed by atoms with E-state index < -0.39 is 11.9 Å². The van der Waals surface area contributed by atoms with Crippen LogP contribution < -0.4 is 0 Å². The van der Waals surface area contributed by atoms with Gasteiger partial charge in [0.1, 0.15) is 12.2 Å². The monoisotopic (exact) mass is 287 g/mol. The topological polar surface area (TPSA) is 68.0 Å². The fraction of sp³-hybridized carbons (Fsp3) is 0.438. The van der Waals surface area contributed by atoms with Crippen LogP contribution in [0.4, 0.5) is 0 Å². The van der Waals surface area contributed by atoms with Crippen LogP contribution in [0.1, 0.15) is 30.3 Å². The Kier molecular flexibility index (Phi) is 5.09. The molecule has 2 aromatic rings.